The highest BCUT2D eigenvalue weighted by Gasteiger charge is 2.62. The molecule has 1 amide bonds. The highest BCUT2D eigenvalue weighted by molar-refractivity contribution is 8.00. The van der Waals surface area contributed by atoms with Crippen molar-refractivity contribution in [2.75, 3.05) is 18.9 Å². The van der Waals surface area contributed by atoms with Gasteiger partial charge in [-0.15, -0.1) is 0 Å². The summed E-state index contributed by atoms with van der Waals surface area (Å²) in [6.07, 6.45) is 3.18. The summed E-state index contributed by atoms with van der Waals surface area (Å²) in [6, 6.07) is 0. The van der Waals surface area contributed by atoms with E-state index in [1.165, 1.54) is 18.6 Å². The summed E-state index contributed by atoms with van der Waals surface area (Å²) in [7, 11) is 0. The van der Waals surface area contributed by atoms with E-state index in [-0.39, 0.29) is 17.4 Å². The summed E-state index contributed by atoms with van der Waals surface area (Å²) in [5.74, 6) is 1.20. The third kappa shape index (κ3) is 2.65. The van der Waals surface area contributed by atoms with Crippen LogP contribution in [0.15, 0.2) is 0 Å². The highest BCUT2D eigenvalue weighted by Crippen LogP contribution is 2.49. The number of hydrogen-bond acceptors (Lipinski definition) is 4. The van der Waals surface area contributed by atoms with E-state index in [2.05, 4.69) is 5.32 Å². The maximum absolute atomic E-state index is 12.4. The lowest BCUT2D eigenvalue weighted by Crippen LogP contribution is -2.76. The summed E-state index contributed by atoms with van der Waals surface area (Å²) in [4.78, 5) is 12.4. The number of thioether (sulfide) groups is 1. The van der Waals surface area contributed by atoms with Crippen LogP contribution in [0.1, 0.15) is 40.0 Å². The lowest BCUT2D eigenvalue weighted by atomic mass is 9.54. The Hall–Kier alpha value is -0.260. The summed E-state index contributed by atoms with van der Waals surface area (Å²) in [5.41, 5.74) is 5.25. The Labute approximate surface area is 120 Å². The van der Waals surface area contributed by atoms with Gasteiger partial charge in [0, 0.05) is 30.2 Å². The topological polar surface area (TPSA) is 64.3 Å². The third-order valence-corrected chi connectivity index (χ3v) is 6.15. The molecule has 1 aliphatic carbocycles. The highest BCUT2D eigenvalue weighted by atomic mass is 32.2. The smallest absolute Gasteiger partial charge is 0.240 e. The monoisotopic (exact) mass is 286 g/mol. The largest absolute Gasteiger partial charge is 0.378 e. The number of hydrogen-bond donors (Lipinski definition) is 2. The normalized spacial score (nSPS) is 36.8. The molecule has 2 fully saturated rings. The van der Waals surface area contributed by atoms with E-state index in [0.29, 0.717) is 18.3 Å². The Morgan fingerprint density at radius 1 is 1.53 bits per heavy atom. The van der Waals surface area contributed by atoms with Crippen LogP contribution in [0.25, 0.3) is 0 Å². The number of carbonyl (C=O) groups is 1. The molecule has 0 aromatic carbocycles. The molecular formula is C14H26N2O2S. The van der Waals surface area contributed by atoms with Crippen LogP contribution in [0.4, 0.5) is 0 Å². The lowest BCUT2D eigenvalue weighted by Gasteiger charge is -2.57. The molecule has 1 heterocycles. The van der Waals surface area contributed by atoms with Crippen molar-refractivity contribution >= 4 is 17.7 Å². The van der Waals surface area contributed by atoms with Gasteiger partial charge in [0.25, 0.3) is 0 Å². The number of rotatable bonds is 5. The number of carbonyl (C=O) groups excluding carboxylic acids is 1. The minimum Gasteiger partial charge on any atom is -0.378 e. The molecule has 2 aliphatic rings. The summed E-state index contributed by atoms with van der Waals surface area (Å²) in [5, 5.41) is 3.61. The fourth-order valence-corrected chi connectivity index (χ4v) is 4.19. The van der Waals surface area contributed by atoms with Crippen LogP contribution in [0.3, 0.4) is 0 Å². The maximum Gasteiger partial charge on any atom is 0.240 e. The van der Waals surface area contributed by atoms with Crippen LogP contribution >= 0.6 is 11.8 Å². The quantitative estimate of drug-likeness (QED) is 0.804. The Morgan fingerprint density at radius 3 is 2.79 bits per heavy atom. The Morgan fingerprint density at radius 2 is 2.26 bits per heavy atom. The van der Waals surface area contributed by atoms with E-state index in [1.54, 1.807) is 0 Å². The molecule has 19 heavy (non-hydrogen) atoms. The van der Waals surface area contributed by atoms with Crippen LogP contribution in [-0.2, 0) is 9.53 Å². The molecule has 0 bridgehead atoms. The van der Waals surface area contributed by atoms with E-state index in [4.69, 9.17) is 10.5 Å². The van der Waals surface area contributed by atoms with Crippen molar-refractivity contribution in [3.8, 4) is 0 Å². The number of nitrogens with one attached hydrogen (secondary N) is 1. The van der Waals surface area contributed by atoms with Crippen molar-refractivity contribution in [1.29, 1.82) is 0 Å². The third-order valence-electron chi connectivity index (χ3n) is 4.75. The predicted octanol–water partition coefficient (Wildman–Crippen LogP) is 1.53. The van der Waals surface area contributed by atoms with E-state index in [9.17, 15) is 4.79 Å². The summed E-state index contributed by atoms with van der Waals surface area (Å²) < 4.78 is 5.65. The molecule has 5 heteroatoms. The molecular weight excluding hydrogens is 260 g/mol. The molecule has 3 unspecified atom stereocenters. The molecule has 0 spiro atoms. The van der Waals surface area contributed by atoms with Gasteiger partial charge in [-0.3, -0.25) is 4.79 Å². The molecule has 0 aromatic heterocycles. The molecule has 1 aliphatic heterocycles. The second kappa shape index (κ2) is 5.62. The Kier molecular flexibility index (Phi) is 4.48. The van der Waals surface area contributed by atoms with Gasteiger partial charge in [0.2, 0.25) is 5.91 Å². The molecule has 3 N–H and O–H groups in total. The van der Waals surface area contributed by atoms with Crippen molar-refractivity contribution in [1.82, 2.24) is 5.32 Å². The van der Waals surface area contributed by atoms with Gasteiger partial charge >= 0.3 is 0 Å². The first-order valence-corrected chi connectivity index (χ1v) is 8.27. The Balaban J connectivity index is 1.87. The molecule has 0 aromatic rings. The summed E-state index contributed by atoms with van der Waals surface area (Å²) >= 11 is 1.95. The van der Waals surface area contributed by atoms with Gasteiger partial charge in [0.1, 0.15) is 5.54 Å². The SMILES string of the molecule is CCOC1CC(N)(C(=O)NCC2CCCS2)C1(C)C. The average molecular weight is 286 g/mol. The first-order chi connectivity index (χ1) is 8.91. The zero-order chi connectivity index (χ0) is 14.1. The molecule has 3 atom stereocenters. The Bertz CT molecular complexity index is 342. The van der Waals surface area contributed by atoms with Gasteiger partial charge in [-0.05, 0) is 25.5 Å². The minimum atomic E-state index is -0.782. The minimum absolute atomic E-state index is 0.0130. The zero-order valence-corrected chi connectivity index (χ0v) is 13.0. The van der Waals surface area contributed by atoms with Crippen molar-refractivity contribution in [3.63, 3.8) is 0 Å². The predicted molar refractivity (Wildman–Crippen MR) is 79.2 cm³/mol. The number of nitrogens with two attached hydrogens (primary N) is 1. The van der Waals surface area contributed by atoms with Gasteiger partial charge in [-0.1, -0.05) is 13.8 Å². The molecule has 0 radical (unpaired) electrons. The fourth-order valence-electron chi connectivity index (χ4n) is 2.99. The van der Waals surface area contributed by atoms with Crippen LogP contribution in [0.5, 0.6) is 0 Å². The van der Waals surface area contributed by atoms with Gasteiger partial charge in [-0.25, -0.2) is 0 Å². The molecule has 2 rings (SSSR count). The maximum atomic E-state index is 12.4. The van der Waals surface area contributed by atoms with Crippen molar-refractivity contribution in [2.24, 2.45) is 11.1 Å². The lowest BCUT2D eigenvalue weighted by molar-refractivity contribution is -0.170. The van der Waals surface area contributed by atoms with Gasteiger partial charge < -0.3 is 15.8 Å². The average Bonchev–Trinajstić information content (AvgIpc) is 2.88. The molecule has 1 saturated carbocycles. The standard InChI is InChI=1S/C14H26N2O2S/c1-4-18-11-8-14(15,13(11,2)3)12(17)16-9-10-6-5-7-19-10/h10-11H,4-9,15H2,1-3H3,(H,16,17). The van der Waals surface area contributed by atoms with E-state index < -0.39 is 5.54 Å². The second-order valence-electron chi connectivity index (χ2n) is 6.19. The van der Waals surface area contributed by atoms with E-state index >= 15 is 0 Å². The fraction of sp³-hybridized carbons (Fsp3) is 0.929. The van der Waals surface area contributed by atoms with Crippen LogP contribution in [0, 0.1) is 5.41 Å². The van der Waals surface area contributed by atoms with Crippen LogP contribution < -0.4 is 11.1 Å². The van der Waals surface area contributed by atoms with E-state index in [1.807, 2.05) is 32.5 Å². The number of amides is 1. The molecule has 110 valence electrons. The molecule has 4 nitrogen and oxygen atoms in total. The number of ether oxygens (including phenoxy) is 1. The van der Waals surface area contributed by atoms with Crippen molar-refractivity contribution in [3.05, 3.63) is 0 Å². The zero-order valence-electron chi connectivity index (χ0n) is 12.2. The summed E-state index contributed by atoms with van der Waals surface area (Å²) in [6.45, 7) is 7.45. The van der Waals surface area contributed by atoms with Gasteiger partial charge in [0.05, 0.1) is 6.10 Å². The van der Waals surface area contributed by atoms with Crippen molar-refractivity contribution < 1.29 is 9.53 Å². The van der Waals surface area contributed by atoms with E-state index in [0.717, 1.165) is 6.54 Å². The van der Waals surface area contributed by atoms with Crippen molar-refractivity contribution in [2.45, 2.75) is 56.9 Å². The second-order valence-corrected chi connectivity index (χ2v) is 7.59. The van der Waals surface area contributed by atoms with Gasteiger partial charge in [0.15, 0.2) is 0 Å². The van der Waals surface area contributed by atoms with Crippen LogP contribution in [0.2, 0.25) is 0 Å². The van der Waals surface area contributed by atoms with Gasteiger partial charge in [-0.2, -0.15) is 11.8 Å². The first kappa shape index (κ1) is 15.1. The molecule has 1 saturated heterocycles. The first-order valence-electron chi connectivity index (χ1n) is 7.22. The van der Waals surface area contributed by atoms with Crippen LogP contribution in [-0.4, -0.2) is 41.7 Å².